The van der Waals surface area contributed by atoms with Crippen LogP contribution in [0.15, 0.2) is 30.3 Å². The monoisotopic (exact) mass is 307 g/mol. The highest BCUT2D eigenvalue weighted by Gasteiger charge is 2.15. The number of rotatable bonds is 6. The molecule has 0 fully saturated rings. The molecule has 2 rings (SSSR count). The predicted octanol–water partition coefficient (Wildman–Crippen LogP) is 1.87. The lowest BCUT2D eigenvalue weighted by Gasteiger charge is -2.18. The summed E-state index contributed by atoms with van der Waals surface area (Å²) in [5.41, 5.74) is 5.72. The van der Waals surface area contributed by atoms with Crippen LogP contribution < -0.4 is 11.3 Å². The van der Waals surface area contributed by atoms with Crippen molar-refractivity contribution >= 4 is 20.7 Å². The Kier molecular flexibility index (Phi) is 4.92. The van der Waals surface area contributed by atoms with E-state index in [2.05, 4.69) is 10.4 Å². The number of sulfone groups is 1. The standard InChI is InChI=1S/C15H21N3O2S/c1-11-10-13(12-6-3-4-7-14(12)17-11)15(18-16)8-5-9-21(2,19)20/h3-4,6-7,10,15,18H,5,8-9,16H2,1-2H3. The molecular weight excluding hydrogens is 286 g/mol. The Hall–Kier alpha value is -1.50. The largest absolute Gasteiger partial charge is 0.271 e. The first-order valence-electron chi connectivity index (χ1n) is 6.91. The first kappa shape index (κ1) is 15.9. The van der Waals surface area contributed by atoms with Crippen LogP contribution in [0.25, 0.3) is 10.9 Å². The Bertz CT molecular complexity index is 729. The quantitative estimate of drug-likeness (QED) is 0.628. The fourth-order valence-electron chi connectivity index (χ4n) is 2.51. The number of aryl methyl sites for hydroxylation is 1. The maximum Gasteiger partial charge on any atom is 0.147 e. The van der Waals surface area contributed by atoms with E-state index in [4.69, 9.17) is 5.84 Å². The summed E-state index contributed by atoms with van der Waals surface area (Å²) in [6, 6.07) is 9.82. The zero-order valence-electron chi connectivity index (χ0n) is 12.3. The molecule has 0 radical (unpaired) electrons. The number of para-hydroxylation sites is 1. The topological polar surface area (TPSA) is 85.1 Å². The van der Waals surface area contributed by atoms with Crippen molar-refractivity contribution in [2.24, 2.45) is 5.84 Å². The van der Waals surface area contributed by atoms with Crippen LogP contribution in [0.1, 0.15) is 30.1 Å². The summed E-state index contributed by atoms with van der Waals surface area (Å²) in [7, 11) is -2.94. The van der Waals surface area contributed by atoms with Gasteiger partial charge in [-0.15, -0.1) is 0 Å². The number of nitrogens with two attached hydrogens (primary N) is 1. The summed E-state index contributed by atoms with van der Waals surface area (Å²) in [6.07, 6.45) is 2.49. The molecule has 3 N–H and O–H groups in total. The Labute approximate surface area is 125 Å². The molecule has 0 aliphatic rings. The second-order valence-electron chi connectivity index (χ2n) is 5.36. The van der Waals surface area contributed by atoms with Crippen molar-refractivity contribution < 1.29 is 8.42 Å². The van der Waals surface area contributed by atoms with E-state index >= 15 is 0 Å². The van der Waals surface area contributed by atoms with Crippen molar-refractivity contribution in [3.05, 3.63) is 41.6 Å². The van der Waals surface area contributed by atoms with E-state index in [1.54, 1.807) is 0 Å². The average molecular weight is 307 g/mol. The van der Waals surface area contributed by atoms with Gasteiger partial charge in [-0.2, -0.15) is 0 Å². The Morgan fingerprint density at radius 1 is 1.33 bits per heavy atom. The Morgan fingerprint density at radius 2 is 2.05 bits per heavy atom. The van der Waals surface area contributed by atoms with E-state index in [-0.39, 0.29) is 11.8 Å². The number of pyridine rings is 1. The SMILES string of the molecule is Cc1cc(C(CCCS(C)(=O)=O)NN)c2ccccc2n1. The van der Waals surface area contributed by atoms with Gasteiger partial charge in [0.05, 0.1) is 5.52 Å². The fourth-order valence-corrected chi connectivity index (χ4v) is 3.20. The summed E-state index contributed by atoms with van der Waals surface area (Å²) < 4.78 is 22.5. The molecule has 1 aromatic carbocycles. The highest BCUT2D eigenvalue weighted by Crippen LogP contribution is 2.26. The molecule has 21 heavy (non-hydrogen) atoms. The number of aromatic nitrogens is 1. The van der Waals surface area contributed by atoms with Gasteiger partial charge in [-0.1, -0.05) is 18.2 Å². The number of fused-ring (bicyclic) bond motifs is 1. The number of hydrogen-bond donors (Lipinski definition) is 2. The lowest BCUT2D eigenvalue weighted by atomic mass is 9.98. The lowest BCUT2D eigenvalue weighted by molar-refractivity contribution is 0.510. The summed E-state index contributed by atoms with van der Waals surface area (Å²) in [6.45, 7) is 1.94. The molecule has 1 atom stereocenters. The highest BCUT2D eigenvalue weighted by molar-refractivity contribution is 7.90. The smallest absolute Gasteiger partial charge is 0.147 e. The summed E-state index contributed by atoms with van der Waals surface area (Å²) in [4.78, 5) is 4.51. The van der Waals surface area contributed by atoms with Crippen LogP contribution in [0.3, 0.4) is 0 Å². The van der Waals surface area contributed by atoms with Crippen molar-refractivity contribution in [2.75, 3.05) is 12.0 Å². The summed E-state index contributed by atoms with van der Waals surface area (Å²) >= 11 is 0. The minimum Gasteiger partial charge on any atom is -0.271 e. The van der Waals surface area contributed by atoms with Gasteiger partial charge in [0.25, 0.3) is 0 Å². The number of hydrazine groups is 1. The van der Waals surface area contributed by atoms with E-state index in [0.29, 0.717) is 12.8 Å². The number of nitrogens with zero attached hydrogens (tertiary/aromatic N) is 1. The van der Waals surface area contributed by atoms with Crippen molar-refractivity contribution in [3.63, 3.8) is 0 Å². The molecule has 0 amide bonds. The molecule has 0 saturated heterocycles. The van der Waals surface area contributed by atoms with Crippen LogP contribution in [0.2, 0.25) is 0 Å². The second-order valence-corrected chi connectivity index (χ2v) is 7.62. The molecule has 114 valence electrons. The molecule has 5 nitrogen and oxygen atoms in total. The van der Waals surface area contributed by atoms with Crippen molar-refractivity contribution in [1.82, 2.24) is 10.4 Å². The molecule has 1 heterocycles. The maximum atomic E-state index is 11.2. The summed E-state index contributed by atoms with van der Waals surface area (Å²) in [5, 5.41) is 1.05. The highest BCUT2D eigenvalue weighted by atomic mass is 32.2. The van der Waals surface area contributed by atoms with Crippen molar-refractivity contribution in [1.29, 1.82) is 0 Å². The minimum atomic E-state index is -2.94. The van der Waals surface area contributed by atoms with E-state index in [0.717, 1.165) is 22.2 Å². The van der Waals surface area contributed by atoms with Crippen molar-refractivity contribution in [3.8, 4) is 0 Å². The normalized spacial score (nSPS) is 13.5. The van der Waals surface area contributed by atoms with Gasteiger partial charge in [0.15, 0.2) is 0 Å². The van der Waals surface area contributed by atoms with Crippen LogP contribution in [0, 0.1) is 6.92 Å². The molecule has 0 aliphatic heterocycles. The van der Waals surface area contributed by atoms with E-state index in [9.17, 15) is 8.42 Å². The molecular formula is C15H21N3O2S. The minimum absolute atomic E-state index is 0.0849. The van der Waals surface area contributed by atoms with Gasteiger partial charge in [0.2, 0.25) is 0 Å². The van der Waals surface area contributed by atoms with E-state index < -0.39 is 9.84 Å². The van der Waals surface area contributed by atoms with Crippen LogP contribution in [-0.4, -0.2) is 25.4 Å². The zero-order chi connectivity index (χ0) is 15.5. The van der Waals surface area contributed by atoms with Gasteiger partial charge in [-0.3, -0.25) is 16.3 Å². The van der Waals surface area contributed by atoms with Crippen LogP contribution in [0.4, 0.5) is 0 Å². The first-order valence-corrected chi connectivity index (χ1v) is 8.97. The molecule has 0 saturated carbocycles. The molecule has 0 bridgehead atoms. The first-order chi connectivity index (χ1) is 9.90. The average Bonchev–Trinajstić information content (AvgIpc) is 2.41. The number of nitrogens with one attached hydrogen (secondary N) is 1. The third-order valence-corrected chi connectivity index (χ3v) is 4.49. The van der Waals surface area contributed by atoms with Crippen molar-refractivity contribution in [2.45, 2.75) is 25.8 Å². The van der Waals surface area contributed by atoms with Gasteiger partial charge in [0, 0.05) is 29.1 Å². The number of hydrogen-bond acceptors (Lipinski definition) is 5. The lowest BCUT2D eigenvalue weighted by Crippen LogP contribution is -2.28. The van der Waals surface area contributed by atoms with Crippen LogP contribution in [-0.2, 0) is 9.84 Å². The van der Waals surface area contributed by atoms with Gasteiger partial charge < -0.3 is 0 Å². The molecule has 2 aromatic rings. The van der Waals surface area contributed by atoms with E-state index in [1.165, 1.54) is 6.26 Å². The van der Waals surface area contributed by atoms with Gasteiger partial charge >= 0.3 is 0 Å². The molecule has 0 aliphatic carbocycles. The molecule has 0 spiro atoms. The summed E-state index contributed by atoms with van der Waals surface area (Å²) in [5.74, 6) is 5.85. The van der Waals surface area contributed by atoms with Crippen LogP contribution in [0.5, 0.6) is 0 Å². The predicted molar refractivity (Wildman–Crippen MR) is 85.5 cm³/mol. The second kappa shape index (κ2) is 6.51. The maximum absolute atomic E-state index is 11.2. The van der Waals surface area contributed by atoms with Gasteiger partial charge in [-0.25, -0.2) is 8.42 Å². The molecule has 1 unspecified atom stereocenters. The zero-order valence-corrected chi connectivity index (χ0v) is 13.2. The third-order valence-electron chi connectivity index (χ3n) is 3.46. The molecule has 1 aromatic heterocycles. The van der Waals surface area contributed by atoms with Crippen LogP contribution >= 0.6 is 0 Å². The van der Waals surface area contributed by atoms with Gasteiger partial charge in [0.1, 0.15) is 9.84 Å². The van der Waals surface area contributed by atoms with Gasteiger partial charge in [-0.05, 0) is 37.5 Å². The number of benzene rings is 1. The molecule has 6 heteroatoms. The fraction of sp³-hybridized carbons (Fsp3) is 0.400. The Balaban J connectivity index is 2.29. The Morgan fingerprint density at radius 3 is 2.71 bits per heavy atom. The third kappa shape index (κ3) is 4.23. The van der Waals surface area contributed by atoms with E-state index in [1.807, 2.05) is 37.3 Å².